The predicted molar refractivity (Wildman–Crippen MR) is 39.9 cm³/mol. The summed E-state index contributed by atoms with van der Waals surface area (Å²) < 4.78 is 4.61. The maximum atomic E-state index is 8.19. The molecule has 1 heterocycles. The Morgan fingerprint density at radius 3 is 1.82 bits per heavy atom. The molecule has 0 aromatic rings. The van der Waals surface area contributed by atoms with E-state index in [9.17, 15) is 0 Å². The zero-order chi connectivity index (χ0) is 8.85. The molecule has 4 nitrogen and oxygen atoms in total. The zero-order valence-electron chi connectivity index (χ0n) is 6.90. The van der Waals surface area contributed by atoms with Gasteiger partial charge in [0, 0.05) is 5.92 Å². The average Bonchev–Trinajstić information content (AvgIpc) is 2.70. The summed E-state index contributed by atoms with van der Waals surface area (Å²) in [6, 6.07) is 0. The van der Waals surface area contributed by atoms with Gasteiger partial charge in [-0.2, -0.15) is 0 Å². The minimum atomic E-state index is -1.15. The highest BCUT2D eigenvalue weighted by Crippen LogP contribution is 2.04. The molecule has 4 heteroatoms. The standard InChI is InChI=1S/C4H10O2.C3H6O2/c1-3(2)4(5)6;4-1-3-2-5-3/h3-6H,1-2H3;3-4H,1-2H2. The van der Waals surface area contributed by atoms with Gasteiger partial charge in [0.2, 0.25) is 0 Å². The molecule has 0 aromatic carbocycles. The van der Waals surface area contributed by atoms with Gasteiger partial charge in [0.05, 0.1) is 13.2 Å². The third-order valence-corrected chi connectivity index (χ3v) is 1.20. The Kier molecular flexibility index (Phi) is 5.41. The molecule has 1 atom stereocenters. The molecule has 0 saturated carbocycles. The van der Waals surface area contributed by atoms with E-state index >= 15 is 0 Å². The van der Waals surface area contributed by atoms with Crippen LogP contribution in [0, 0.1) is 5.92 Å². The fraction of sp³-hybridized carbons (Fsp3) is 1.00. The normalized spacial score (nSPS) is 21.5. The number of hydrogen-bond donors (Lipinski definition) is 3. The number of aliphatic hydroxyl groups excluding tert-OH is 2. The fourth-order valence-corrected chi connectivity index (χ4v) is 0.173. The van der Waals surface area contributed by atoms with Crippen LogP contribution in [0.15, 0.2) is 0 Å². The molecule has 1 aliphatic heterocycles. The summed E-state index contributed by atoms with van der Waals surface area (Å²) in [5.41, 5.74) is 0. The highest BCUT2D eigenvalue weighted by atomic mass is 16.6. The summed E-state index contributed by atoms with van der Waals surface area (Å²) in [7, 11) is 0. The molecular formula is C7H16O4. The van der Waals surface area contributed by atoms with Gasteiger partial charge in [0.1, 0.15) is 6.10 Å². The molecule has 0 spiro atoms. The van der Waals surface area contributed by atoms with Crippen LogP contribution < -0.4 is 0 Å². The number of epoxide rings is 1. The van der Waals surface area contributed by atoms with Crippen LogP contribution in [0.3, 0.4) is 0 Å². The molecule has 1 unspecified atom stereocenters. The lowest BCUT2D eigenvalue weighted by atomic mass is 10.2. The molecule has 1 fully saturated rings. The topological polar surface area (TPSA) is 73.2 Å². The van der Waals surface area contributed by atoms with Crippen LogP contribution >= 0.6 is 0 Å². The number of hydrogen-bond acceptors (Lipinski definition) is 4. The molecule has 3 N–H and O–H groups in total. The van der Waals surface area contributed by atoms with Crippen LogP contribution in [0.25, 0.3) is 0 Å². The van der Waals surface area contributed by atoms with Crippen LogP contribution in [-0.2, 0) is 4.74 Å². The first-order chi connectivity index (χ1) is 5.07. The summed E-state index contributed by atoms with van der Waals surface area (Å²) in [6.07, 6.45) is -0.958. The predicted octanol–water partition coefficient (Wildman–Crippen LogP) is -0.669. The van der Waals surface area contributed by atoms with E-state index in [0.717, 1.165) is 6.61 Å². The molecule has 1 saturated heterocycles. The second kappa shape index (κ2) is 5.49. The van der Waals surface area contributed by atoms with Crippen molar-refractivity contribution in [2.45, 2.75) is 26.2 Å². The van der Waals surface area contributed by atoms with Crippen molar-refractivity contribution in [1.29, 1.82) is 0 Å². The van der Waals surface area contributed by atoms with Crippen molar-refractivity contribution in [3.8, 4) is 0 Å². The SMILES string of the molecule is CC(C)C(O)O.OCC1CO1. The van der Waals surface area contributed by atoms with Gasteiger partial charge in [-0.1, -0.05) is 13.8 Å². The van der Waals surface area contributed by atoms with Crippen molar-refractivity contribution >= 4 is 0 Å². The highest BCUT2D eigenvalue weighted by Gasteiger charge is 2.19. The first-order valence-corrected chi connectivity index (χ1v) is 3.66. The molecule has 0 bridgehead atoms. The Morgan fingerprint density at radius 1 is 1.45 bits per heavy atom. The van der Waals surface area contributed by atoms with Gasteiger partial charge in [0.25, 0.3) is 0 Å². The van der Waals surface area contributed by atoms with E-state index in [4.69, 9.17) is 15.3 Å². The van der Waals surface area contributed by atoms with Gasteiger partial charge in [-0.3, -0.25) is 0 Å². The Morgan fingerprint density at radius 2 is 1.82 bits per heavy atom. The maximum Gasteiger partial charge on any atom is 0.153 e. The van der Waals surface area contributed by atoms with Gasteiger partial charge < -0.3 is 20.1 Å². The van der Waals surface area contributed by atoms with Gasteiger partial charge in [0.15, 0.2) is 6.29 Å². The van der Waals surface area contributed by atoms with Gasteiger partial charge in [-0.25, -0.2) is 0 Å². The smallest absolute Gasteiger partial charge is 0.153 e. The molecule has 68 valence electrons. The first kappa shape index (κ1) is 10.8. The van der Waals surface area contributed by atoms with E-state index in [2.05, 4.69) is 4.74 Å². The first-order valence-electron chi connectivity index (χ1n) is 3.66. The maximum absolute atomic E-state index is 8.19. The van der Waals surface area contributed by atoms with E-state index in [1.165, 1.54) is 0 Å². The van der Waals surface area contributed by atoms with E-state index in [1.54, 1.807) is 13.8 Å². The van der Waals surface area contributed by atoms with Crippen LogP contribution in [0.5, 0.6) is 0 Å². The lowest BCUT2D eigenvalue weighted by molar-refractivity contribution is -0.0731. The molecule has 0 radical (unpaired) electrons. The monoisotopic (exact) mass is 164 g/mol. The minimum absolute atomic E-state index is 0.0370. The Labute approximate surface area is 66.4 Å². The van der Waals surface area contributed by atoms with Crippen molar-refractivity contribution in [2.75, 3.05) is 13.2 Å². The number of ether oxygens (including phenoxy) is 1. The van der Waals surface area contributed by atoms with Crippen molar-refractivity contribution in [3.05, 3.63) is 0 Å². The van der Waals surface area contributed by atoms with E-state index in [0.29, 0.717) is 0 Å². The van der Waals surface area contributed by atoms with Crippen molar-refractivity contribution in [1.82, 2.24) is 0 Å². The lowest BCUT2D eigenvalue weighted by Crippen LogP contribution is -2.11. The quantitative estimate of drug-likeness (QED) is 0.374. The lowest BCUT2D eigenvalue weighted by Gasteiger charge is -2.03. The molecular weight excluding hydrogens is 148 g/mol. The van der Waals surface area contributed by atoms with Crippen molar-refractivity contribution in [2.24, 2.45) is 5.92 Å². The molecule has 0 aliphatic carbocycles. The van der Waals surface area contributed by atoms with E-state index < -0.39 is 6.29 Å². The Balaban J connectivity index is 0.000000183. The van der Waals surface area contributed by atoms with E-state index in [-0.39, 0.29) is 18.6 Å². The second-order valence-corrected chi connectivity index (χ2v) is 2.80. The third-order valence-electron chi connectivity index (χ3n) is 1.20. The van der Waals surface area contributed by atoms with Crippen LogP contribution in [-0.4, -0.2) is 40.9 Å². The van der Waals surface area contributed by atoms with Crippen LogP contribution in [0.2, 0.25) is 0 Å². The van der Waals surface area contributed by atoms with Gasteiger partial charge >= 0.3 is 0 Å². The third kappa shape index (κ3) is 7.74. The van der Waals surface area contributed by atoms with Crippen molar-refractivity contribution in [3.63, 3.8) is 0 Å². The molecule has 0 aromatic heterocycles. The zero-order valence-corrected chi connectivity index (χ0v) is 6.90. The minimum Gasteiger partial charge on any atom is -0.394 e. The molecule has 11 heavy (non-hydrogen) atoms. The summed E-state index contributed by atoms with van der Waals surface area (Å²) >= 11 is 0. The largest absolute Gasteiger partial charge is 0.394 e. The molecule has 0 amide bonds. The van der Waals surface area contributed by atoms with Crippen molar-refractivity contribution < 1.29 is 20.1 Å². The fourth-order valence-electron chi connectivity index (χ4n) is 0.173. The van der Waals surface area contributed by atoms with E-state index in [1.807, 2.05) is 0 Å². The number of aliphatic hydroxyl groups is 3. The average molecular weight is 164 g/mol. The van der Waals surface area contributed by atoms with Crippen LogP contribution in [0.4, 0.5) is 0 Å². The summed E-state index contributed by atoms with van der Waals surface area (Å²) in [5, 5.41) is 24.5. The summed E-state index contributed by atoms with van der Waals surface area (Å²) in [5.74, 6) is -0.0370. The Hall–Kier alpha value is -0.160. The second-order valence-electron chi connectivity index (χ2n) is 2.80. The van der Waals surface area contributed by atoms with Gasteiger partial charge in [-0.15, -0.1) is 0 Å². The molecule has 1 aliphatic rings. The summed E-state index contributed by atoms with van der Waals surface area (Å²) in [6.45, 7) is 4.44. The number of rotatable bonds is 2. The van der Waals surface area contributed by atoms with Crippen LogP contribution in [0.1, 0.15) is 13.8 Å². The molecule has 1 rings (SSSR count). The highest BCUT2D eigenvalue weighted by molar-refractivity contribution is 4.65. The van der Waals surface area contributed by atoms with Gasteiger partial charge in [-0.05, 0) is 0 Å². The Bertz CT molecular complexity index is 82.4. The summed E-state index contributed by atoms with van der Waals surface area (Å²) in [4.78, 5) is 0.